The summed E-state index contributed by atoms with van der Waals surface area (Å²) in [6.07, 6.45) is 2.94. The molecule has 0 aliphatic carbocycles. The third-order valence-corrected chi connectivity index (χ3v) is 2.40. The molecule has 2 rings (SSSR count). The SMILES string of the molecule is O=C(Nc1nnns1)c1ccncc1C#CCO. The highest BCUT2D eigenvalue weighted by atomic mass is 32.1. The molecule has 0 aromatic carbocycles. The van der Waals surface area contributed by atoms with Gasteiger partial charge in [-0.25, -0.2) is 0 Å². The van der Waals surface area contributed by atoms with Crippen LogP contribution in [0.25, 0.3) is 0 Å². The van der Waals surface area contributed by atoms with Gasteiger partial charge in [0.25, 0.3) is 5.91 Å². The minimum Gasteiger partial charge on any atom is -0.384 e. The van der Waals surface area contributed by atoms with Gasteiger partial charge in [0.1, 0.15) is 6.61 Å². The Morgan fingerprint density at radius 3 is 3.17 bits per heavy atom. The van der Waals surface area contributed by atoms with Gasteiger partial charge in [-0.3, -0.25) is 15.1 Å². The minimum absolute atomic E-state index is 0.281. The number of aliphatic hydroxyl groups excluding tert-OH is 1. The number of nitrogens with zero attached hydrogens (tertiary/aromatic N) is 4. The van der Waals surface area contributed by atoms with Gasteiger partial charge >= 0.3 is 0 Å². The molecule has 90 valence electrons. The minimum atomic E-state index is -0.377. The van der Waals surface area contributed by atoms with Crippen LogP contribution in [0.3, 0.4) is 0 Å². The van der Waals surface area contributed by atoms with Crippen molar-refractivity contribution in [2.45, 2.75) is 0 Å². The van der Waals surface area contributed by atoms with E-state index >= 15 is 0 Å². The Morgan fingerprint density at radius 1 is 1.56 bits per heavy atom. The Kier molecular flexibility index (Phi) is 3.90. The van der Waals surface area contributed by atoms with Crippen molar-refractivity contribution in [3.8, 4) is 11.8 Å². The molecule has 0 saturated heterocycles. The van der Waals surface area contributed by atoms with Crippen molar-refractivity contribution in [2.24, 2.45) is 0 Å². The van der Waals surface area contributed by atoms with Gasteiger partial charge in [0.15, 0.2) is 0 Å². The lowest BCUT2D eigenvalue weighted by molar-refractivity contribution is 0.102. The number of amides is 1. The Balaban J connectivity index is 2.24. The number of pyridine rings is 1. The molecule has 2 N–H and O–H groups in total. The molecule has 2 aromatic rings. The van der Waals surface area contributed by atoms with Crippen molar-refractivity contribution in [1.29, 1.82) is 0 Å². The van der Waals surface area contributed by atoms with Crippen molar-refractivity contribution in [3.63, 3.8) is 0 Å². The van der Waals surface area contributed by atoms with E-state index in [0.29, 0.717) is 16.3 Å². The van der Waals surface area contributed by atoms with Gasteiger partial charge in [0.2, 0.25) is 5.13 Å². The molecule has 7 nitrogen and oxygen atoms in total. The maximum atomic E-state index is 11.9. The third-order valence-electron chi connectivity index (χ3n) is 1.89. The maximum Gasteiger partial charge on any atom is 0.258 e. The van der Waals surface area contributed by atoms with Crippen LogP contribution in [0.2, 0.25) is 0 Å². The predicted octanol–water partition coefficient (Wildman–Crippen LogP) is -0.0758. The highest BCUT2D eigenvalue weighted by molar-refractivity contribution is 7.09. The van der Waals surface area contributed by atoms with E-state index < -0.39 is 0 Å². The first-order valence-electron chi connectivity index (χ1n) is 4.81. The lowest BCUT2D eigenvalue weighted by Crippen LogP contribution is -2.13. The van der Waals surface area contributed by atoms with Crippen LogP contribution in [-0.4, -0.2) is 37.4 Å². The second-order valence-electron chi connectivity index (χ2n) is 3.00. The van der Waals surface area contributed by atoms with Gasteiger partial charge in [-0.05, 0) is 11.3 Å². The van der Waals surface area contributed by atoms with Gasteiger partial charge in [0, 0.05) is 23.9 Å². The highest BCUT2D eigenvalue weighted by Crippen LogP contribution is 2.11. The molecular formula is C10H7N5O2S. The fourth-order valence-corrected chi connectivity index (χ4v) is 1.53. The molecular weight excluding hydrogens is 254 g/mol. The Bertz CT molecular complexity index is 602. The van der Waals surface area contributed by atoms with Crippen LogP contribution < -0.4 is 5.32 Å². The average molecular weight is 261 g/mol. The fraction of sp³-hybridized carbons (Fsp3) is 0.100. The number of carbonyl (C=O) groups is 1. The summed E-state index contributed by atoms with van der Waals surface area (Å²) in [5.41, 5.74) is 0.780. The zero-order valence-electron chi connectivity index (χ0n) is 8.99. The number of anilines is 1. The van der Waals surface area contributed by atoms with Crippen LogP contribution in [0.15, 0.2) is 18.5 Å². The first-order valence-corrected chi connectivity index (χ1v) is 5.58. The Labute approximate surface area is 106 Å². The number of aliphatic hydroxyl groups is 1. The van der Waals surface area contributed by atoms with Gasteiger partial charge < -0.3 is 5.11 Å². The molecule has 0 saturated carbocycles. The van der Waals surface area contributed by atoms with Crippen molar-refractivity contribution < 1.29 is 9.90 Å². The molecule has 0 radical (unpaired) electrons. The summed E-state index contributed by atoms with van der Waals surface area (Å²) in [6.45, 7) is -0.281. The molecule has 1 amide bonds. The molecule has 0 spiro atoms. The molecule has 0 unspecified atom stereocenters. The van der Waals surface area contributed by atoms with E-state index in [9.17, 15) is 4.79 Å². The molecule has 18 heavy (non-hydrogen) atoms. The van der Waals surface area contributed by atoms with Crippen LogP contribution in [0.4, 0.5) is 5.13 Å². The smallest absolute Gasteiger partial charge is 0.258 e. The molecule has 8 heteroatoms. The normalized spacial score (nSPS) is 9.39. The van der Waals surface area contributed by atoms with Gasteiger partial charge in [0.05, 0.1) is 11.1 Å². The standard InChI is InChI=1S/C10H7N5O2S/c16-5-1-2-7-6-11-4-3-8(7)9(17)12-10-13-14-15-18-10/h3-4,6,16H,5H2,(H,12,13,15,17). The first-order chi connectivity index (χ1) is 8.81. The zero-order chi connectivity index (χ0) is 12.8. The van der Waals surface area contributed by atoms with Crippen molar-refractivity contribution >= 4 is 22.6 Å². The number of carbonyl (C=O) groups excluding carboxylic acids is 1. The first kappa shape index (κ1) is 12.1. The number of rotatable bonds is 2. The summed E-state index contributed by atoms with van der Waals surface area (Å²) in [6, 6.07) is 1.53. The third kappa shape index (κ3) is 2.85. The van der Waals surface area contributed by atoms with Gasteiger partial charge in [-0.2, -0.15) is 0 Å². The summed E-state index contributed by atoms with van der Waals surface area (Å²) >= 11 is 0.974. The van der Waals surface area contributed by atoms with E-state index in [2.05, 4.69) is 36.9 Å². The highest BCUT2D eigenvalue weighted by Gasteiger charge is 2.12. The van der Waals surface area contributed by atoms with Crippen LogP contribution in [0.5, 0.6) is 0 Å². The van der Waals surface area contributed by atoms with E-state index in [1.807, 2.05) is 0 Å². The van der Waals surface area contributed by atoms with E-state index in [1.165, 1.54) is 18.5 Å². The largest absolute Gasteiger partial charge is 0.384 e. The predicted molar refractivity (Wildman–Crippen MR) is 63.9 cm³/mol. The van der Waals surface area contributed by atoms with E-state index in [-0.39, 0.29) is 12.5 Å². The number of nitrogens with one attached hydrogen (secondary N) is 1. The maximum absolute atomic E-state index is 11.9. The summed E-state index contributed by atoms with van der Waals surface area (Å²) in [7, 11) is 0. The van der Waals surface area contributed by atoms with Crippen molar-refractivity contribution in [2.75, 3.05) is 11.9 Å². The van der Waals surface area contributed by atoms with E-state index in [0.717, 1.165) is 11.5 Å². The number of hydrogen-bond donors (Lipinski definition) is 2. The molecule has 0 aliphatic heterocycles. The molecule has 0 bridgehead atoms. The quantitative estimate of drug-likeness (QED) is 0.733. The van der Waals surface area contributed by atoms with Gasteiger partial charge in [-0.1, -0.05) is 21.4 Å². The van der Waals surface area contributed by atoms with Crippen molar-refractivity contribution in [1.82, 2.24) is 19.8 Å². The molecule has 0 aliphatic rings. The number of aromatic nitrogens is 4. The van der Waals surface area contributed by atoms with E-state index in [1.54, 1.807) is 0 Å². The van der Waals surface area contributed by atoms with Crippen LogP contribution >= 0.6 is 11.5 Å². The molecule has 2 heterocycles. The lowest BCUT2D eigenvalue weighted by Gasteiger charge is -2.02. The summed E-state index contributed by atoms with van der Waals surface area (Å²) in [5, 5.41) is 18.5. The van der Waals surface area contributed by atoms with E-state index in [4.69, 9.17) is 5.11 Å². The summed E-state index contributed by atoms with van der Waals surface area (Å²) in [5.74, 6) is 4.74. The summed E-state index contributed by atoms with van der Waals surface area (Å²) < 4.78 is 3.53. The van der Waals surface area contributed by atoms with Crippen LogP contribution in [0, 0.1) is 11.8 Å². The monoisotopic (exact) mass is 261 g/mol. The fourth-order valence-electron chi connectivity index (χ4n) is 1.17. The average Bonchev–Trinajstić information content (AvgIpc) is 2.89. The Morgan fingerprint density at radius 2 is 2.44 bits per heavy atom. The topological polar surface area (TPSA) is 101 Å². The van der Waals surface area contributed by atoms with Crippen LogP contribution in [0.1, 0.15) is 15.9 Å². The Hall–Kier alpha value is -2.37. The lowest BCUT2D eigenvalue weighted by atomic mass is 10.1. The second kappa shape index (κ2) is 5.81. The second-order valence-corrected chi connectivity index (χ2v) is 3.74. The zero-order valence-corrected chi connectivity index (χ0v) is 9.81. The van der Waals surface area contributed by atoms with Crippen LogP contribution in [-0.2, 0) is 0 Å². The van der Waals surface area contributed by atoms with Gasteiger partial charge in [-0.15, -0.1) is 0 Å². The molecule has 0 fully saturated rings. The molecule has 0 atom stereocenters. The number of hydrogen-bond acceptors (Lipinski definition) is 7. The summed E-state index contributed by atoms with van der Waals surface area (Å²) in [4.78, 5) is 15.8. The molecule has 2 aromatic heterocycles. The van der Waals surface area contributed by atoms with Crippen molar-refractivity contribution in [3.05, 3.63) is 29.6 Å².